The molecule has 0 saturated carbocycles. The lowest BCUT2D eigenvalue weighted by molar-refractivity contribution is 0.430. The van der Waals surface area contributed by atoms with Crippen molar-refractivity contribution in [3.8, 4) is 0 Å². The molecule has 0 atom stereocenters. The van der Waals surface area contributed by atoms with Crippen LogP contribution in [0.1, 0.15) is 39.0 Å². The summed E-state index contributed by atoms with van der Waals surface area (Å²) >= 11 is 1.29. The molecule has 2 heterocycles. The fourth-order valence-corrected chi connectivity index (χ4v) is 2.63. The Morgan fingerprint density at radius 2 is 2.22 bits per heavy atom. The van der Waals surface area contributed by atoms with E-state index in [2.05, 4.69) is 18.8 Å². The average Bonchev–Trinajstić information content (AvgIpc) is 2.67. The maximum atomic E-state index is 11.7. The summed E-state index contributed by atoms with van der Waals surface area (Å²) in [5.74, 6) is 1.21. The van der Waals surface area contributed by atoms with E-state index in [9.17, 15) is 4.79 Å². The van der Waals surface area contributed by atoms with Gasteiger partial charge in [-0.3, -0.25) is 0 Å². The van der Waals surface area contributed by atoms with E-state index in [0.29, 0.717) is 34.1 Å². The molecule has 2 aromatic heterocycles. The zero-order valence-corrected chi connectivity index (χ0v) is 11.5. The van der Waals surface area contributed by atoms with Gasteiger partial charge < -0.3 is 10.2 Å². The van der Waals surface area contributed by atoms with Gasteiger partial charge in [0.1, 0.15) is 10.2 Å². The predicted molar refractivity (Wildman–Crippen MR) is 75.0 cm³/mol. The molecule has 2 rings (SSSR count). The van der Waals surface area contributed by atoms with Gasteiger partial charge in [0, 0.05) is 11.8 Å². The number of nitrogens with zero attached hydrogens (tertiary/aromatic N) is 1. The number of nitrogens with two attached hydrogens (primary N) is 1. The van der Waals surface area contributed by atoms with Crippen LogP contribution in [0.2, 0.25) is 0 Å². The largest absolute Gasteiger partial charge is 0.407 e. The first-order chi connectivity index (χ1) is 8.58. The normalized spacial score (nSPS) is 11.5. The Bertz CT molecular complexity index is 586. The molecule has 0 aliphatic rings. The van der Waals surface area contributed by atoms with Crippen molar-refractivity contribution in [3.63, 3.8) is 0 Å². The first kappa shape index (κ1) is 13.1. The van der Waals surface area contributed by atoms with Gasteiger partial charge in [0.05, 0.1) is 5.69 Å². The van der Waals surface area contributed by atoms with Crippen LogP contribution in [0.3, 0.4) is 0 Å². The maximum Gasteiger partial charge on any atom is 0.357 e. The number of fused-ring (bicyclic) bond motifs is 1. The summed E-state index contributed by atoms with van der Waals surface area (Å²) in [7, 11) is 0. The van der Waals surface area contributed by atoms with Gasteiger partial charge in [-0.15, -0.1) is 11.3 Å². The summed E-state index contributed by atoms with van der Waals surface area (Å²) < 4.78 is 5.71. The third kappa shape index (κ3) is 2.90. The third-order valence-electron chi connectivity index (χ3n) is 2.85. The molecule has 0 aliphatic heterocycles. The fraction of sp³-hybridized carbons (Fsp3) is 0.538. The predicted octanol–water partition coefficient (Wildman–Crippen LogP) is 3.20. The van der Waals surface area contributed by atoms with E-state index in [1.54, 1.807) is 5.38 Å². The Kier molecular flexibility index (Phi) is 4.01. The second-order valence-corrected chi connectivity index (χ2v) is 5.78. The highest BCUT2D eigenvalue weighted by molar-refractivity contribution is 7.17. The number of rotatable bonds is 5. The lowest BCUT2D eigenvalue weighted by Gasteiger charge is -2.03. The van der Waals surface area contributed by atoms with Gasteiger partial charge in [0.2, 0.25) is 0 Å². The minimum absolute atomic E-state index is 0.319. The molecule has 0 spiro atoms. The molecule has 5 heteroatoms. The molecule has 0 fully saturated rings. The van der Waals surface area contributed by atoms with Gasteiger partial charge in [-0.25, -0.2) is 9.78 Å². The second-order valence-electron chi connectivity index (χ2n) is 4.90. The highest BCUT2D eigenvalue weighted by Crippen LogP contribution is 2.23. The minimum Gasteiger partial charge on any atom is -0.407 e. The summed E-state index contributed by atoms with van der Waals surface area (Å²) in [6.45, 7) is 4.41. The van der Waals surface area contributed by atoms with E-state index in [0.717, 1.165) is 12.8 Å². The number of unbranched alkanes of at least 4 members (excludes halogenated alkanes) is 1. The molecule has 4 nitrogen and oxygen atoms in total. The minimum atomic E-state index is -0.319. The van der Waals surface area contributed by atoms with Crippen LogP contribution in [-0.4, -0.2) is 4.98 Å². The van der Waals surface area contributed by atoms with Gasteiger partial charge in [0.15, 0.2) is 5.89 Å². The molecule has 0 bridgehead atoms. The van der Waals surface area contributed by atoms with Crippen LogP contribution in [0.15, 0.2) is 14.6 Å². The standard InChI is InChI=1S/C13H18N2O2S/c1-8(2)5-3-4-6-10-15-11-9(14)7-18-12(11)13(16)17-10/h7-8H,3-6,14H2,1-2H3. The third-order valence-corrected chi connectivity index (χ3v) is 3.81. The number of hydrogen-bond donors (Lipinski definition) is 1. The first-order valence-corrected chi connectivity index (χ1v) is 7.12. The number of aromatic nitrogens is 1. The molecule has 98 valence electrons. The monoisotopic (exact) mass is 266 g/mol. The smallest absolute Gasteiger partial charge is 0.357 e. The molecule has 2 N–H and O–H groups in total. The molecular formula is C13H18N2O2S. The van der Waals surface area contributed by atoms with Crippen LogP contribution in [-0.2, 0) is 6.42 Å². The van der Waals surface area contributed by atoms with Gasteiger partial charge >= 0.3 is 5.63 Å². The van der Waals surface area contributed by atoms with Crippen LogP contribution < -0.4 is 11.4 Å². The van der Waals surface area contributed by atoms with E-state index in [-0.39, 0.29) is 5.63 Å². The number of nitrogen functional groups attached to an aromatic ring is 1. The highest BCUT2D eigenvalue weighted by atomic mass is 32.1. The number of hydrogen-bond acceptors (Lipinski definition) is 5. The Morgan fingerprint density at radius 1 is 1.44 bits per heavy atom. The topological polar surface area (TPSA) is 69.1 Å². The van der Waals surface area contributed by atoms with E-state index < -0.39 is 0 Å². The van der Waals surface area contributed by atoms with Gasteiger partial charge in [-0.1, -0.05) is 26.7 Å². The zero-order chi connectivity index (χ0) is 13.1. The van der Waals surface area contributed by atoms with Gasteiger partial charge in [-0.05, 0) is 12.3 Å². The molecular weight excluding hydrogens is 248 g/mol. The summed E-state index contributed by atoms with van der Waals surface area (Å²) in [5, 5.41) is 1.73. The fourth-order valence-electron chi connectivity index (χ4n) is 1.86. The van der Waals surface area contributed by atoms with Crippen molar-refractivity contribution in [2.75, 3.05) is 5.73 Å². The number of thiophene rings is 1. The van der Waals surface area contributed by atoms with Crippen LogP contribution in [0, 0.1) is 5.92 Å². The van der Waals surface area contributed by atoms with Crippen molar-refractivity contribution in [3.05, 3.63) is 21.7 Å². The van der Waals surface area contributed by atoms with Crippen molar-refractivity contribution in [1.29, 1.82) is 0 Å². The van der Waals surface area contributed by atoms with Gasteiger partial charge in [0.25, 0.3) is 0 Å². The molecule has 0 aliphatic carbocycles. The zero-order valence-electron chi connectivity index (χ0n) is 10.7. The maximum absolute atomic E-state index is 11.7. The lowest BCUT2D eigenvalue weighted by atomic mass is 10.1. The second kappa shape index (κ2) is 5.52. The lowest BCUT2D eigenvalue weighted by Crippen LogP contribution is -2.04. The summed E-state index contributed by atoms with van der Waals surface area (Å²) in [4.78, 5) is 16.0. The summed E-state index contributed by atoms with van der Waals surface area (Å²) in [6.07, 6.45) is 4.00. The molecule has 0 aromatic carbocycles. The van der Waals surface area contributed by atoms with E-state index in [1.807, 2.05) is 0 Å². The Hall–Kier alpha value is -1.36. The molecule has 0 saturated heterocycles. The SMILES string of the molecule is CC(C)CCCCc1nc2c(N)csc2c(=O)o1. The van der Waals surface area contributed by atoms with Gasteiger partial charge in [-0.2, -0.15) is 0 Å². The molecule has 18 heavy (non-hydrogen) atoms. The van der Waals surface area contributed by atoms with Crippen molar-refractivity contribution in [2.45, 2.75) is 39.5 Å². The van der Waals surface area contributed by atoms with Crippen molar-refractivity contribution >= 4 is 27.2 Å². The van der Waals surface area contributed by atoms with Crippen molar-refractivity contribution in [2.24, 2.45) is 5.92 Å². The molecule has 0 amide bonds. The first-order valence-electron chi connectivity index (χ1n) is 6.24. The Labute approximate surface area is 110 Å². The summed E-state index contributed by atoms with van der Waals surface area (Å²) in [5.41, 5.74) is 6.61. The van der Waals surface area contributed by atoms with Crippen LogP contribution in [0.5, 0.6) is 0 Å². The quantitative estimate of drug-likeness (QED) is 0.844. The number of aryl methyl sites for hydroxylation is 1. The molecule has 2 aromatic rings. The van der Waals surface area contributed by atoms with E-state index in [4.69, 9.17) is 10.2 Å². The van der Waals surface area contributed by atoms with Crippen molar-refractivity contribution < 1.29 is 4.42 Å². The Balaban J connectivity index is 2.09. The average molecular weight is 266 g/mol. The summed E-state index contributed by atoms with van der Waals surface area (Å²) in [6, 6.07) is 0. The van der Waals surface area contributed by atoms with Crippen LogP contribution >= 0.6 is 11.3 Å². The van der Waals surface area contributed by atoms with Crippen molar-refractivity contribution in [1.82, 2.24) is 4.98 Å². The Morgan fingerprint density at radius 3 is 2.94 bits per heavy atom. The highest BCUT2D eigenvalue weighted by Gasteiger charge is 2.10. The van der Waals surface area contributed by atoms with Crippen LogP contribution in [0.25, 0.3) is 10.2 Å². The van der Waals surface area contributed by atoms with E-state index >= 15 is 0 Å². The molecule has 0 unspecified atom stereocenters. The van der Waals surface area contributed by atoms with E-state index in [1.165, 1.54) is 17.8 Å². The van der Waals surface area contributed by atoms with Crippen LogP contribution in [0.4, 0.5) is 5.69 Å². The molecule has 0 radical (unpaired) electrons. The number of anilines is 1.